The van der Waals surface area contributed by atoms with Crippen LogP contribution < -0.4 is 5.32 Å². The Balaban J connectivity index is 2.43. The number of carbonyl (C=O) groups excluding carboxylic acids is 2. The van der Waals surface area contributed by atoms with Crippen LogP contribution in [0.2, 0.25) is 0 Å². The van der Waals surface area contributed by atoms with Gasteiger partial charge in [-0.3, -0.25) is 14.6 Å². The first-order valence-corrected chi connectivity index (χ1v) is 6.19. The topological polar surface area (TPSA) is 59.1 Å². The van der Waals surface area contributed by atoms with Gasteiger partial charge in [0.1, 0.15) is 5.78 Å². The predicted octanol–water partition coefficient (Wildman–Crippen LogP) is 1.60. The number of rotatable bonds is 6. The van der Waals surface area contributed by atoms with Gasteiger partial charge in [-0.15, -0.1) is 0 Å². The van der Waals surface area contributed by atoms with Crippen LogP contribution in [-0.4, -0.2) is 23.2 Å². The summed E-state index contributed by atoms with van der Waals surface area (Å²) in [6.45, 7) is 5.76. The summed E-state index contributed by atoms with van der Waals surface area (Å²) in [4.78, 5) is 27.3. The van der Waals surface area contributed by atoms with E-state index in [1.165, 1.54) is 6.92 Å². The van der Waals surface area contributed by atoms with Crippen molar-refractivity contribution in [3.05, 3.63) is 30.1 Å². The van der Waals surface area contributed by atoms with Crippen LogP contribution in [0.3, 0.4) is 0 Å². The fourth-order valence-corrected chi connectivity index (χ4v) is 1.94. The standard InChI is InChI=1S/C14H20N2O2/c1-10(2)13(11(3)17)14(18)16-8-6-12-5-4-7-15-9-12/h4-5,7,9-10,13H,6,8H2,1-3H3,(H,16,18). The van der Waals surface area contributed by atoms with Gasteiger partial charge in [0.2, 0.25) is 5.91 Å². The SMILES string of the molecule is CC(=O)C(C(=O)NCCc1cccnc1)C(C)C. The predicted molar refractivity (Wildman–Crippen MR) is 70.0 cm³/mol. The van der Waals surface area contributed by atoms with Gasteiger partial charge >= 0.3 is 0 Å². The number of hydrogen-bond acceptors (Lipinski definition) is 3. The molecule has 0 saturated carbocycles. The van der Waals surface area contributed by atoms with Gasteiger partial charge in [-0.05, 0) is 30.9 Å². The molecule has 1 atom stereocenters. The highest BCUT2D eigenvalue weighted by atomic mass is 16.2. The molecule has 0 fully saturated rings. The fourth-order valence-electron chi connectivity index (χ4n) is 1.94. The Morgan fingerprint density at radius 2 is 2.11 bits per heavy atom. The van der Waals surface area contributed by atoms with Gasteiger partial charge in [0.15, 0.2) is 0 Å². The zero-order valence-electron chi connectivity index (χ0n) is 11.1. The Hall–Kier alpha value is -1.71. The number of ketones is 1. The van der Waals surface area contributed by atoms with Crippen molar-refractivity contribution in [2.24, 2.45) is 11.8 Å². The van der Waals surface area contributed by atoms with Crippen LogP contribution >= 0.6 is 0 Å². The molecule has 98 valence electrons. The second-order valence-corrected chi connectivity index (χ2v) is 4.73. The van der Waals surface area contributed by atoms with E-state index in [4.69, 9.17) is 0 Å². The summed E-state index contributed by atoms with van der Waals surface area (Å²) in [5.74, 6) is -0.773. The maximum atomic E-state index is 11.9. The number of aromatic nitrogens is 1. The molecular weight excluding hydrogens is 228 g/mol. The molecule has 0 aliphatic heterocycles. The molecule has 0 aliphatic carbocycles. The molecular formula is C14H20N2O2. The van der Waals surface area contributed by atoms with Crippen molar-refractivity contribution in [1.82, 2.24) is 10.3 Å². The Kier molecular flexibility index (Phi) is 5.49. The van der Waals surface area contributed by atoms with E-state index in [2.05, 4.69) is 10.3 Å². The molecule has 4 nitrogen and oxygen atoms in total. The third-order valence-electron chi connectivity index (χ3n) is 2.82. The number of Topliss-reactive ketones (excluding diaryl/α,β-unsaturated/α-hetero) is 1. The van der Waals surface area contributed by atoms with E-state index in [-0.39, 0.29) is 17.6 Å². The smallest absolute Gasteiger partial charge is 0.230 e. The number of pyridine rings is 1. The third kappa shape index (κ3) is 4.28. The van der Waals surface area contributed by atoms with E-state index >= 15 is 0 Å². The molecule has 0 saturated heterocycles. The van der Waals surface area contributed by atoms with Crippen molar-refractivity contribution in [2.75, 3.05) is 6.54 Å². The zero-order chi connectivity index (χ0) is 13.5. The van der Waals surface area contributed by atoms with E-state index in [1.807, 2.05) is 26.0 Å². The molecule has 1 aromatic rings. The Bertz CT molecular complexity index is 402. The molecule has 0 radical (unpaired) electrons. The highest BCUT2D eigenvalue weighted by molar-refractivity contribution is 6.00. The number of nitrogens with one attached hydrogen (secondary N) is 1. The van der Waals surface area contributed by atoms with E-state index in [1.54, 1.807) is 12.4 Å². The molecule has 1 heterocycles. The Morgan fingerprint density at radius 1 is 1.39 bits per heavy atom. The van der Waals surface area contributed by atoms with Gasteiger partial charge < -0.3 is 5.32 Å². The lowest BCUT2D eigenvalue weighted by molar-refractivity contribution is -0.134. The first-order chi connectivity index (χ1) is 8.52. The second kappa shape index (κ2) is 6.89. The van der Waals surface area contributed by atoms with Crippen LogP contribution in [-0.2, 0) is 16.0 Å². The van der Waals surface area contributed by atoms with Gasteiger partial charge in [0.25, 0.3) is 0 Å². The minimum atomic E-state index is -0.543. The molecule has 1 N–H and O–H groups in total. The van der Waals surface area contributed by atoms with Crippen molar-refractivity contribution >= 4 is 11.7 Å². The average molecular weight is 248 g/mol. The summed E-state index contributed by atoms with van der Waals surface area (Å²) < 4.78 is 0. The summed E-state index contributed by atoms with van der Waals surface area (Å²) in [7, 11) is 0. The minimum Gasteiger partial charge on any atom is -0.355 e. The van der Waals surface area contributed by atoms with E-state index in [0.29, 0.717) is 6.54 Å². The molecule has 1 unspecified atom stereocenters. The van der Waals surface area contributed by atoms with Crippen molar-refractivity contribution in [3.8, 4) is 0 Å². The maximum Gasteiger partial charge on any atom is 0.230 e. The van der Waals surface area contributed by atoms with Crippen LogP contribution in [0, 0.1) is 11.8 Å². The lowest BCUT2D eigenvalue weighted by Crippen LogP contribution is -2.38. The number of hydrogen-bond donors (Lipinski definition) is 1. The Morgan fingerprint density at radius 3 is 2.61 bits per heavy atom. The van der Waals surface area contributed by atoms with Crippen LogP contribution in [0.5, 0.6) is 0 Å². The van der Waals surface area contributed by atoms with E-state index in [9.17, 15) is 9.59 Å². The molecule has 0 spiro atoms. The summed E-state index contributed by atoms with van der Waals surface area (Å²) >= 11 is 0. The third-order valence-corrected chi connectivity index (χ3v) is 2.82. The van der Waals surface area contributed by atoms with Crippen molar-refractivity contribution in [3.63, 3.8) is 0 Å². The lowest BCUT2D eigenvalue weighted by Gasteiger charge is -2.17. The maximum absolute atomic E-state index is 11.9. The molecule has 0 aliphatic rings. The molecule has 1 aromatic heterocycles. The molecule has 0 bridgehead atoms. The van der Waals surface area contributed by atoms with Crippen LogP contribution in [0.25, 0.3) is 0 Å². The first kappa shape index (κ1) is 14.4. The molecule has 18 heavy (non-hydrogen) atoms. The van der Waals surface area contributed by atoms with E-state index < -0.39 is 5.92 Å². The van der Waals surface area contributed by atoms with Gasteiger partial charge in [-0.25, -0.2) is 0 Å². The molecule has 0 aromatic carbocycles. The molecule has 1 rings (SSSR count). The van der Waals surface area contributed by atoms with Crippen molar-refractivity contribution in [1.29, 1.82) is 0 Å². The van der Waals surface area contributed by atoms with Crippen LogP contribution in [0.15, 0.2) is 24.5 Å². The lowest BCUT2D eigenvalue weighted by atomic mass is 9.91. The number of carbonyl (C=O) groups is 2. The zero-order valence-corrected chi connectivity index (χ0v) is 11.1. The van der Waals surface area contributed by atoms with Crippen molar-refractivity contribution < 1.29 is 9.59 Å². The van der Waals surface area contributed by atoms with Crippen molar-refractivity contribution in [2.45, 2.75) is 27.2 Å². The highest BCUT2D eigenvalue weighted by Crippen LogP contribution is 2.12. The summed E-state index contributed by atoms with van der Waals surface area (Å²) in [6.07, 6.45) is 4.21. The molecule has 4 heteroatoms. The minimum absolute atomic E-state index is 0.0286. The quantitative estimate of drug-likeness (QED) is 0.778. The Labute approximate surface area is 108 Å². The first-order valence-electron chi connectivity index (χ1n) is 6.19. The second-order valence-electron chi connectivity index (χ2n) is 4.73. The normalized spacial score (nSPS) is 12.2. The van der Waals surface area contributed by atoms with Gasteiger partial charge in [-0.2, -0.15) is 0 Å². The number of amides is 1. The summed E-state index contributed by atoms with van der Waals surface area (Å²) in [5.41, 5.74) is 1.07. The molecule has 1 amide bonds. The average Bonchev–Trinajstić information content (AvgIpc) is 2.29. The largest absolute Gasteiger partial charge is 0.355 e. The van der Waals surface area contributed by atoms with E-state index in [0.717, 1.165) is 12.0 Å². The van der Waals surface area contributed by atoms with Gasteiger partial charge in [-0.1, -0.05) is 19.9 Å². The van der Waals surface area contributed by atoms with Gasteiger partial charge in [0.05, 0.1) is 5.92 Å². The summed E-state index contributed by atoms with van der Waals surface area (Å²) in [6, 6.07) is 3.83. The summed E-state index contributed by atoms with van der Waals surface area (Å²) in [5, 5.41) is 2.81. The van der Waals surface area contributed by atoms with Crippen LogP contribution in [0.4, 0.5) is 0 Å². The fraction of sp³-hybridized carbons (Fsp3) is 0.500. The van der Waals surface area contributed by atoms with Crippen LogP contribution in [0.1, 0.15) is 26.3 Å². The number of nitrogens with zero attached hydrogens (tertiary/aromatic N) is 1. The monoisotopic (exact) mass is 248 g/mol. The highest BCUT2D eigenvalue weighted by Gasteiger charge is 2.26. The van der Waals surface area contributed by atoms with Gasteiger partial charge in [0, 0.05) is 18.9 Å².